The Kier molecular flexibility index (Phi) is 3.68. The minimum absolute atomic E-state index is 0.232. The van der Waals surface area contributed by atoms with Crippen LogP contribution in [0.5, 0.6) is 5.88 Å². The van der Waals surface area contributed by atoms with Crippen molar-refractivity contribution in [2.75, 3.05) is 20.2 Å². The molecule has 0 radical (unpaired) electrons. The highest BCUT2D eigenvalue weighted by Gasteiger charge is 2.18. The lowest BCUT2D eigenvalue weighted by Gasteiger charge is -2.23. The third kappa shape index (κ3) is 2.61. The Morgan fingerprint density at radius 3 is 2.76 bits per heavy atom. The molecule has 0 atom stereocenters. The smallest absolute Gasteiger partial charge is 0.354 e. The number of carbonyl (C=O) groups is 1. The molecule has 0 spiro atoms. The molecular formula is C12H18N2O3. The Morgan fingerprint density at radius 1 is 1.41 bits per heavy atom. The highest BCUT2D eigenvalue weighted by molar-refractivity contribution is 5.88. The average Bonchev–Trinajstić information content (AvgIpc) is 2.72. The zero-order valence-electron chi connectivity index (χ0n) is 10.2. The minimum atomic E-state index is -0.340. The van der Waals surface area contributed by atoms with Crippen LogP contribution in [0.4, 0.5) is 0 Å². The normalized spacial score (nSPS) is 16.8. The Hall–Kier alpha value is -1.49. The molecule has 0 aliphatic carbocycles. The number of ether oxygens (including phenoxy) is 2. The highest BCUT2D eigenvalue weighted by atomic mass is 16.5. The molecule has 1 aromatic heterocycles. The summed E-state index contributed by atoms with van der Waals surface area (Å²) in [5.74, 6) is 0.380. The van der Waals surface area contributed by atoms with Crippen LogP contribution < -0.4 is 10.1 Å². The van der Waals surface area contributed by atoms with Crippen LogP contribution >= 0.6 is 0 Å². The fraction of sp³-hybridized carbons (Fsp3) is 0.583. The van der Waals surface area contributed by atoms with Crippen molar-refractivity contribution in [3.8, 4) is 5.88 Å². The van der Waals surface area contributed by atoms with Gasteiger partial charge in [0.1, 0.15) is 11.8 Å². The van der Waals surface area contributed by atoms with Crippen molar-refractivity contribution >= 4 is 5.97 Å². The molecule has 0 amide bonds. The van der Waals surface area contributed by atoms with E-state index in [0.29, 0.717) is 5.69 Å². The van der Waals surface area contributed by atoms with E-state index in [1.54, 1.807) is 10.6 Å². The fourth-order valence-corrected chi connectivity index (χ4v) is 2.00. The van der Waals surface area contributed by atoms with Crippen LogP contribution in [0.25, 0.3) is 0 Å². The lowest BCUT2D eigenvalue weighted by molar-refractivity contribution is 0.0586. The first-order valence-corrected chi connectivity index (χ1v) is 5.84. The molecule has 94 valence electrons. The Bertz CT molecular complexity index is 394. The molecule has 1 aliphatic heterocycles. The van der Waals surface area contributed by atoms with Gasteiger partial charge in [0, 0.05) is 13.1 Å². The molecule has 2 rings (SSSR count). The highest BCUT2D eigenvalue weighted by Crippen LogP contribution is 2.19. The number of piperidine rings is 1. The van der Waals surface area contributed by atoms with Gasteiger partial charge in [0.2, 0.25) is 0 Å². The number of esters is 1. The maximum Gasteiger partial charge on any atom is 0.354 e. The molecule has 1 aliphatic rings. The molecule has 0 saturated carbocycles. The summed E-state index contributed by atoms with van der Waals surface area (Å²) < 4.78 is 12.3. The van der Waals surface area contributed by atoms with Crippen LogP contribution in [0.1, 0.15) is 23.3 Å². The SMILES string of the molecule is COC(=O)c1ccc(OC2CCNCC2)n1C. The van der Waals surface area contributed by atoms with E-state index in [2.05, 4.69) is 5.32 Å². The lowest BCUT2D eigenvalue weighted by Crippen LogP contribution is -2.34. The van der Waals surface area contributed by atoms with E-state index in [9.17, 15) is 4.79 Å². The van der Waals surface area contributed by atoms with Gasteiger partial charge in [0.15, 0.2) is 5.88 Å². The average molecular weight is 238 g/mol. The predicted octanol–water partition coefficient (Wildman–Crippen LogP) is 0.942. The second-order valence-corrected chi connectivity index (χ2v) is 4.17. The zero-order chi connectivity index (χ0) is 12.3. The van der Waals surface area contributed by atoms with Gasteiger partial charge in [-0.15, -0.1) is 0 Å². The topological polar surface area (TPSA) is 52.5 Å². The molecule has 1 aromatic rings. The van der Waals surface area contributed by atoms with Crippen molar-refractivity contribution in [1.82, 2.24) is 9.88 Å². The molecule has 1 fully saturated rings. The van der Waals surface area contributed by atoms with Crippen LogP contribution in [0.15, 0.2) is 12.1 Å². The Morgan fingerprint density at radius 2 is 2.12 bits per heavy atom. The number of nitrogens with one attached hydrogen (secondary N) is 1. The van der Waals surface area contributed by atoms with E-state index < -0.39 is 0 Å². The molecule has 0 bridgehead atoms. The zero-order valence-corrected chi connectivity index (χ0v) is 10.2. The molecule has 5 heteroatoms. The molecule has 1 N–H and O–H groups in total. The number of nitrogens with zero attached hydrogens (tertiary/aromatic N) is 1. The van der Waals surface area contributed by atoms with Gasteiger partial charge in [-0.05, 0) is 32.0 Å². The largest absolute Gasteiger partial charge is 0.475 e. The fourth-order valence-electron chi connectivity index (χ4n) is 2.00. The first-order valence-electron chi connectivity index (χ1n) is 5.84. The van der Waals surface area contributed by atoms with E-state index in [1.807, 2.05) is 13.1 Å². The summed E-state index contributed by atoms with van der Waals surface area (Å²) in [4.78, 5) is 11.4. The number of rotatable bonds is 3. The van der Waals surface area contributed by atoms with E-state index in [-0.39, 0.29) is 12.1 Å². The van der Waals surface area contributed by atoms with Gasteiger partial charge in [0.25, 0.3) is 0 Å². The van der Waals surface area contributed by atoms with Gasteiger partial charge in [-0.25, -0.2) is 4.79 Å². The van der Waals surface area contributed by atoms with Crippen molar-refractivity contribution in [3.05, 3.63) is 17.8 Å². The van der Waals surface area contributed by atoms with E-state index >= 15 is 0 Å². The van der Waals surface area contributed by atoms with Gasteiger partial charge in [-0.1, -0.05) is 0 Å². The van der Waals surface area contributed by atoms with Gasteiger partial charge >= 0.3 is 5.97 Å². The molecule has 0 unspecified atom stereocenters. The number of aromatic nitrogens is 1. The van der Waals surface area contributed by atoms with Gasteiger partial charge < -0.3 is 19.4 Å². The van der Waals surface area contributed by atoms with Crippen molar-refractivity contribution in [2.24, 2.45) is 7.05 Å². The Balaban J connectivity index is 2.06. The molecule has 17 heavy (non-hydrogen) atoms. The summed E-state index contributed by atoms with van der Waals surface area (Å²) in [5, 5.41) is 3.29. The summed E-state index contributed by atoms with van der Waals surface area (Å²) in [5.41, 5.74) is 0.511. The van der Waals surface area contributed by atoms with Crippen LogP contribution in [0.2, 0.25) is 0 Å². The quantitative estimate of drug-likeness (QED) is 0.796. The van der Waals surface area contributed by atoms with Crippen molar-refractivity contribution in [1.29, 1.82) is 0 Å². The lowest BCUT2D eigenvalue weighted by atomic mass is 10.1. The van der Waals surface area contributed by atoms with Crippen LogP contribution in [0, 0.1) is 0 Å². The standard InChI is InChI=1S/C12H18N2O3/c1-14-10(12(15)16-2)3-4-11(14)17-9-5-7-13-8-6-9/h3-4,9,13H,5-8H2,1-2H3. The summed E-state index contributed by atoms with van der Waals surface area (Å²) in [6.45, 7) is 1.97. The van der Waals surface area contributed by atoms with E-state index in [1.165, 1.54) is 7.11 Å². The van der Waals surface area contributed by atoms with Crippen molar-refractivity contribution in [2.45, 2.75) is 18.9 Å². The number of carbonyl (C=O) groups excluding carboxylic acids is 1. The number of hydrogen-bond acceptors (Lipinski definition) is 4. The minimum Gasteiger partial charge on any atom is -0.475 e. The summed E-state index contributed by atoms with van der Waals surface area (Å²) >= 11 is 0. The molecule has 1 saturated heterocycles. The molecule has 2 heterocycles. The third-order valence-corrected chi connectivity index (χ3v) is 3.04. The second kappa shape index (κ2) is 5.23. The maximum absolute atomic E-state index is 11.4. The van der Waals surface area contributed by atoms with Crippen LogP contribution in [-0.4, -0.2) is 36.8 Å². The van der Waals surface area contributed by atoms with Crippen LogP contribution in [0.3, 0.4) is 0 Å². The van der Waals surface area contributed by atoms with Gasteiger partial charge in [0.05, 0.1) is 7.11 Å². The van der Waals surface area contributed by atoms with Crippen molar-refractivity contribution in [3.63, 3.8) is 0 Å². The molecule has 5 nitrogen and oxygen atoms in total. The first-order chi connectivity index (χ1) is 8.22. The second-order valence-electron chi connectivity index (χ2n) is 4.17. The summed E-state index contributed by atoms with van der Waals surface area (Å²) in [6.07, 6.45) is 2.23. The number of hydrogen-bond donors (Lipinski definition) is 1. The maximum atomic E-state index is 11.4. The summed E-state index contributed by atoms with van der Waals surface area (Å²) in [7, 11) is 3.19. The molecular weight excluding hydrogens is 220 g/mol. The number of methoxy groups -OCH3 is 1. The third-order valence-electron chi connectivity index (χ3n) is 3.04. The Labute approximate surface area is 101 Å². The predicted molar refractivity (Wildman–Crippen MR) is 63.3 cm³/mol. The molecule has 0 aromatic carbocycles. The summed E-state index contributed by atoms with van der Waals surface area (Å²) in [6, 6.07) is 3.54. The van der Waals surface area contributed by atoms with Crippen molar-refractivity contribution < 1.29 is 14.3 Å². The van der Waals surface area contributed by atoms with Gasteiger partial charge in [-0.2, -0.15) is 0 Å². The van der Waals surface area contributed by atoms with Crippen LogP contribution in [-0.2, 0) is 11.8 Å². The first kappa shape index (κ1) is 12.0. The van der Waals surface area contributed by atoms with Gasteiger partial charge in [-0.3, -0.25) is 0 Å². The van der Waals surface area contributed by atoms with E-state index in [0.717, 1.165) is 31.8 Å². The monoisotopic (exact) mass is 238 g/mol. The van der Waals surface area contributed by atoms with E-state index in [4.69, 9.17) is 9.47 Å².